The first kappa shape index (κ1) is 9.73. The largest absolute Gasteiger partial charge is 0.477 e. The number of carboxylic acids is 1. The van der Waals surface area contributed by atoms with Crippen molar-refractivity contribution in [3.63, 3.8) is 0 Å². The van der Waals surface area contributed by atoms with Crippen molar-refractivity contribution in [2.45, 2.75) is 13.8 Å². The third kappa shape index (κ3) is 2.29. The number of anilines is 1. The summed E-state index contributed by atoms with van der Waals surface area (Å²) in [6.45, 7) is 3.15. The molecule has 0 saturated heterocycles. The lowest BCUT2D eigenvalue weighted by Gasteiger charge is -1.97. The predicted octanol–water partition coefficient (Wildman–Crippen LogP) is 1.71. The molecule has 0 fully saturated rings. The van der Waals surface area contributed by atoms with Crippen molar-refractivity contribution < 1.29 is 14.7 Å². The van der Waals surface area contributed by atoms with Crippen LogP contribution in [0.25, 0.3) is 0 Å². The normalized spacial score (nSPS) is 9.69. The Balaban J connectivity index is 2.96. The Kier molecular flexibility index (Phi) is 2.67. The highest BCUT2D eigenvalue weighted by Gasteiger charge is 2.11. The van der Waals surface area contributed by atoms with Gasteiger partial charge in [-0.2, -0.15) is 0 Å². The van der Waals surface area contributed by atoms with Crippen molar-refractivity contribution in [1.29, 1.82) is 0 Å². The second-order valence-electron chi connectivity index (χ2n) is 2.61. The predicted molar refractivity (Wildman–Crippen MR) is 50.3 cm³/mol. The van der Waals surface area contributed by atoms with E-state index in [1.54, 1.807) is 6.92 Å². The van der Waals surface area contributed by atoms with E-state index in [0.717, 1.165) is 16.9 Å². The number of aryl methyl sites for hydroxylation is 1. The fraction of sp³-hybridized carbons (Fsp3) is 0.250. The van der Waals surface area contributed by atoms with Crippen LogP contribution in [0.4, 0.5) is 5.00 Å². The Morgan fingerprint density at radius 3 is 2.54 bits per heavy atom. The van der Waals surface area contributed by atoms with Gasteiger partial charge >= 0.3 is 5.97 Å². The Labute approximate surface area is 79.2 Å². The molecule has 1 heterocycles. The average Bonchev–Trinajstić information content (AvgIpc) is 2.31. The minimum Gasteiger partial charge on any atom is -0.477 e. The average molecular weight is 199 g/mol. The molecule has 0 spiro atoms. The summed E-state index contributed by atoms with van der Waals surface area (Å²) in [6.07, 6.45) is 0. The summed E-state index contributed by atoms with van der Waals surface area (Å²) in [7, 11) is 0. The molecule has 2 N–H and O–H groups in total. The van der Waals surface area contributed by atoms with Crippen LogP contribution in [0.1, 0.15) is 22.2 Å². The molecule has 0 bridgehead atoms. The third-order valence-electron chi connectivity index (χ3n) is 1.42. The summed E-state index contributed by atoms with van der Waals surface area (Å²) in [5.41, 5.74) is 0.776. The third-order valence-corrected chi connectivity index (χ3v) is 2.56. The van der Waals surface area contributed by atoms with Crippen molar-refractivity contribution in [2.24, 2.45) is 0 Å². The lowest BCUT2D eigenvalue weighted by molar-refractivity contribution is -0.114. The van der Waals surface area contributed by atoms with Crippen LogP contribution in [-0.2, 0) is 4.79 Å². The molecule has 1 aromatic heterocycles. The molecular formula is C8H9NO3S. The lowest BCUT2D eigenvalue weighted by atomic mass is 10.3. The maximum Gasteiger partial charge on any atom is 0.345 e. The molecule has 4 nitrogen and oxygen atoms in total. The number of carbonyl (C=O) groups is 2. The van der Waals surface area contributed by atoms with E-state index in [1.807, 2.05) is 0 Å². The molecule has 1 aromatic rings. The van der Waals surface area contributed by atoms with E-state index in [0.29, 0.717) is 5.00 Å². The van der Waals surface area contributed by atoms with Crippen molar-refractivity contribution in [2.75, 3.05) is 5.32 Å². The first-order valence-corrected chi connectivity index (χ1v) is 4.43. The zero-order valence-corrected chi connectivity index (χ0v) is 8.07. The fourth-order valence-corrected chi connectivity index (χ4v) is 1.83. The molecule has 13 heavy (non-hydrogen) atoms. The SMILES string of the molecule is CC(=O)Nc1sc(C(=O)O)cc1C. The maximum atomic E-state index is 10.7. The van der Waals surface area contributed by atoms with Gasteiger partial charge in [0.15, 0.2) is 0 Å². The second-order valence-corrected chi connectivity index (χ2v) is 3.66. The van der Waals surface area contributed by atoms with Gasteiger partial charge in [0.25, 0.3) is 0 Å². The molecule has 0 aromatic carbocycles. The summed E-state index contributed by atoms with van der Waals surface area (Å²) < 4.78 is 0. The summed E-state index contributed by atoms with van der Waals surface area (Å²) in [5, 5.41) is 11.8. The van der Waals surface area contributed by atoms with E-state index in [2.05, 4.69) is 5.32 Å². The van der Waals surface area contributed by atoms with E-state index in [1.165, 1.54) is 13.0 Å². The molecule has 0 atom stereocenters. The van der Waals surface area contributed by atoms with Crippen LogP contribution in [-0.4, -0.2) is 17.0 Å². The maximum absolute atomic E-state index is 10.7. The van der Waals surface area contributed by atoms with Gasteiger partial charge in [0, 0.05) is 6.92 Å². The minimum absolute atomic E-state index is 0.193. The summed E-state index contributed by atoms with van der Waals surface area (Å²) in [4.78, 5) is 21.5. The molecule has 0 saturated carbocycles. The van der Waals surface area contributed by atoms with Crippen LogP contribution in [0.2, 0.25) is 0 Å². The van der Waals surface area contributed by atoms with Gasteiger partial charge in [-0.3, -0.25) is 4.79 Å². The zero-order valence-electron chi connectivity index (χ0n) is 7.25. The van der Waals surface area contributed by atoms with Gasteiger partial charge in [-0.05, 0) is 18.6 Å². The zero-order chi connectivity index (χ0) is 10.0. The smallest absolute Gasteiger partial charge is 0.345 e. The van der Waals surface area contributed by atoms with Gasteiger partial charge in [-0.1, -0.05) is 0 Å². The quantitative estimate of drug-likeness (QED) is 0.762. The van der Waals surface area contributed by atoms with E-state index >= 15 is 0 Å². The number of rotatable bonds is 2. The van der Waals surface area contributed by atoms with Gasteiger partial charge in [0.1, 0.15) is 4.88 Å². The Hall–Kier alpha value is -1.36. The van der Waals surface area contributed by atoms with E-state index < -0.39 is 5.97 Å². The molecule has 1 amide bonds. The van der Waals surface area contributed by atoms with Gasteiger partial charge < -0.3 is 10.4 Å². The molecule has 0 aliphatic heterocycles. The van der Waals surface area contributed by atoms with Gasteiger partial charge in [0.2, 0.25) is 5.91 Å². The van der Waals surface area contributed by atoms with Gasteiger partial charge in [-0.15, -0.1) is 11.3 Å². The summed E-state index contributed by atoms with van der Waals surface area (Å²) in [6, 6.07) is 1.54. The fourth-order valence-electron chi connectivity index (χ4n) is 0.871. The van der Waals surface area contributed by atoms with Gasteiger partial charge in [0.05, 0.1) is 5.00 Å². The van der Waals surface area contributed by atoms with Crippen LogP contribution in [0.3, 0.4) is 0 Å². The molecule has 0 radical (unpaired) electrons. The molecule has 0 aliphatic carbocycles. The Morgan fingerprint density at radius 1 is 1.54 bits per heavy atom. The lowest BCUT2D eigenvalue weighted by Crippen LogP contribution is -2.04. The number of amides is 1. The van der Waals surface area contributed by atoms with E-state index in [-0.39, 0.29) is 10.8 Å². The van der Waals surface area contributed by atoms with Crippen molar-refractivity contribution in [1.82, 2.24) is 0 Å². The van der Waals surface area contributed by atoms with Crippen molar-refractivity contribution >= 4 is 28.2 Å². The summed E-state index contributed by atoms with van der Waals surface area (Å²) in [5.74, 6) is -1.16. The second kappa shape index (κ2) is 3.57. The highest BCUT2D eigenvalue weighted by atomic mass is 32.1. The highest BCUT2D eigenvalue weighted by molar-refractivity contribution is 7.18. The van der Waals surface area contributed by atoms with Crippen molar-refractivity contribution in [3.8, 4) is 0 Å². The molecular weight excluding hydrogens is 190 g/mol. The number of hydrogen-bond donors (Lipinski definition) is 2. The number of carboxylic acid groups (broad SMARTS) is 1. The van der Waals surface area contributed by atoms with Gasteiger partial charge in [-0.25, -0.2) is 4.79 Å². The minimum atomic E-state index is -0.968. The number of nitrogens with one attached hydrogen (secondary N) is 1. The first-order valence-electron chi connectivity index (χ1n) is 3.62. The van der Waals surface area contributed by atoms with Crippen LogP contribution in [0.15, 0.2) is 6.07 Å². The van der Waals surface area contributed by atoms with Crippen LogP contribution in [0.5, 0.6) is 0 Å². The number of carbonyl (C=O) groups excluding carboxylic acids is 1. The molecule has 0 aliphatic rings. The molecule has 1 rings (SSSR count). The molecule has 0 unspecified atom stereocenters. The summed E-state index contributed by atoms with van der Waals surface area (Å²) >= 11 is 1.06. The Morgan fingerprint density at radius 2 is 2.15 bits per heavy atom. The van der Waals surface area contributed by atoms with E-state index in [9.17, 15) is 9.59 Å². The number of hydrogen-bond acceptors (Lipinski definition) is 3. The Bertz CT molecular complexity index is 356. The van der Waals surface area contributed by atoms with Crippen LogP contribution in [0, 0.1) is 6.92 Å². The number of aromatic carboxylic acids is 1. The topological polar surface area (TPSA) is 66.4 Å². The van der Waals surface area contributed by atoms with Crippen LogP contribution < -0.4 is 5.32 Å². The number of thiophene rings is 1. The standard InChI is InChI=1S/C8H9NO3S/c1-4-3-6(8(11)12)13-7(4)9-5(2)10/h3H,1-2H3,(H,9,10)(H,11,12). The highest BCUT2D eigenvalue weighted by Crippen LogP contribution is 2.27. The molecule has 70 valence electrons. The monoisotopic (exact) mass is 199 g/mol. The van der Waals surface area contributed by atoms with Crippen molar-refractivity contribution in [3.05, 3.63) is 16.5 Å². The molecule has 5 heteroatoms. The first-order chi connectivity index (χ1) is 6.00. The van der Waals surface area contributed by atoms with Crippen LogP contribution >= 0.6 is 11.3 Å². The van der Waals surface area contributed by atoms with E-state index in [4.69, 9.17) is 5.11 Å².